The van der Waals surface area contributed by atoms with Crippen molar-refractivity contribution in [3.05, 3.63) is 46.9 Å². The molecule has 1 atom stereocenters. The molecule has 190 valence electrons. The SMILES string of the molecule is COC(=O)c1cc(N2C(=O)[C@@H](C)N(C3CCCCC3)c3nc(Nc4ccc5[nH]ncc5c4)ncc32)cs1. The van der Waals surface area contributed by atoms with Crippen LogP contribution in [0.15, 0.2) is 42.0 Å². The number of benzene rings is 1. The molecule has 6 rings (SSSR count). The van der Waals surface area contributed by atoms with Crippen LogP contribution in [0.4, 0.5) is 28.8 Å². The first-order valence-corrected chi connectivity index (χ1v) is 13.3. The Morgan fingerprint density at radius 1 is 1.19 bits per heavy atom. The van der Waals surface area contributed by atoms with Crippen LogP contribution in [-0.4, -0.2) is 51.2 Å². The lowest BCUT2D eigenvalue weighted by Crippen LogP contribution is -2.55. The number of anilines is 5. The molecule has 11 heteroatoms. The van der Waals surface area contributed by atoms with Gasteiger partial charge in [-0.05, 0) is 44.0 Å². The third-order valence-corrected chi connectivity index (χ3v) is 8.02. The molecule has 1 aromatic carbocycles. The Labute approximate surface area is 217 Å². The van der Waals surface area contributed by atoms with Crippen molar-refractivity contribution in [3.63, 3.8) is 0 Å². The maximum absolute atomic E-state index is 13.8. The Balaban J connectivity index is 1.42. The Morgan fingerprint density at radius 2 is 2.03 bits per heavy atom. The lowest BCUT2D eigenvalue weighted by Gasteiger charge is -2.45. The van der Waals surface area contributed by atoms with Gasteiger partial charge in [0, 0.05) is 22.5 Å². The summed E-state index contributed by atoms with van der Waals surface area (Å²) < 4.78 is 4.87. The zero-order valence-electron chi connectivity index (χ0n) is 20.6. The van der Waals surface area contributed by atoms with Crippen molar-refractivity contribution in [1.82, 2.24) is 20.2 Å². The van der Waals surface area contributed by atoms with Gasteiger partial charge >= 0.3 is 5.97 Å². The second-order valence-corrected chi connectivity index (χ2v) is 10.3. The maximum atomic E-state index is 13.8. The highest BCUT2D eigenvalue weighted by atomic mass is 32.1. The second-order valence-electron chi connectivity index (χ2n) is 9.41. The minimum atomic E-state index is -0.428. The number of methoxy groups -OCH3 is 1. The smallest absolute Gasteiger partial charge is 0.348 e. The van der Waals surface area contributed by atoms with Gasteiger partial charge in [-0.2, -0.15) is 10.1 Å². The van der Waals surface area contributed by atoms with Gasteiger partial charge in [-0.1, -0.05) is 19.3 Å². The molecule has 4 heterocycles. The van der Waals surface area contributed by atoms with Crippen LogP contribution in [0.1, 0.15) is 48.7 Å². The van der Waals surface area contributed by atoms with E-state index >= 15 is 0 Å². The van der Waals surface area contributed by atoms with Crippen molar-refractivity contribution in [2.45, 2.75) is 51.1 Å². The fourth-order valence-electron chi connectivity index (χ4n) is 5.30. The number of hydrogen-bond donors (Lipinski definition) is 2. The van der Waals surface area contributed by atoms with E-state index in [0.29, 0.717) is 28.0 Å². The number of ether oxygens (including phenoxy) is 1. The zero-order chi connectivity index (χ0) is 25.5. The van der Waals surface area contributed by atoms with Crippen LogP contribution in [0.5, 0.6) is 0 Å². The topological polar surface area (TPSA) is 116 Å². The molecule has 0 bridgehead atoms. The van der Waals surface area contributed by atoms with E-state index in [-0.39, 0.29) is 11.9 Å². The van der Waals surface area contributed by atoms with Crippen molar-refractivity contribution in [1.29, 1.82) is 0 Å². The van der Waals surface area contributed by atoms with Gasteiger partial charge in [0.1, 0.15) is 16.6 Å². The summed E-state index contributed by atoms with van der Waals surface area (Å²) in [4.78, 5) is 39.6. The van der Waals surface area contributed by atoms with E-state index in [1.165, 1.54) is 24.9 Å². The molecule has 10 nitrogen and oxygen atoms in total. The number of hydrogen-bond acceptors (Lipinski definition) is 9. The molecule has 0 saturated heterocycles. The number of aromatic amines is 1. The molecular weight excluding hydrogens is 490 g/mol. The van der Waals surface area contributed by atoms with Crippen molar-refractivity contribution in [3.8, 4) is 0 Å². The van der Waals surface area contributed by atoms with Gasteiger partial charge in [0.15, 0.2) is 5.82 Å². The van der Waals surface area contributed by atoms with Gasteiger partial charge in [-0.25, -0.2) is 9.78 Å². The van der Waals surface area contributed by atoms with Crippen molar-refractivity contribution >= 4 is 62.9 Å². The normalized spacial score (nSPS) is 18.2. The Hall–Kier alpha value is -3.99. The van der Waals surface area contributed by atoms with E-state index in [9.17, 15) is 9.59 Å². The highest BCUT2D eigenvalue weighted by Gasteiger charge is 2.41. The first-order valence-electron chi connectivity index (χ1n) is 12.4. The number of esters is 1. The number of fused-ring (bicyclic) bond motifs is 2. The number of H-pyrrole nitrogens is 1. The Kier molecular flexibility index (Phi) is 5.99. The third kappa shape index (κ3) is 4.18. The predicted octanol–water partition coefficient (Wildman–Crippen LogP) is 5.15. The summed E-state index contributed by atoms with van der Waals surface area (Å²) in [5.41, 5.74) is 3.01. The van der Waals surface area contributed by atoms with Gasteiger partial charge in [-0.15, -0.1) is 11.3 Å². The van der Waals surface area contributed by atoms with Crippen LogP contribution < -0.4 is 15.1 Å². The van der Waals surface area contributed by atoms with E-state index in [1.807, 2.05) is 25.1 Å². The largest absolute Gasteiger partial charge is 0.465 e. The predicted molar refractivity (Wildman–Crippen MR) is 143 cm³/mol. The number of amides is 1. The first-order chi connectivity index (χ1) is 18.0. The number of carbonyl (C=O) groups is 2. The summed E-state index contributed by atoms with van der Waals surface area (Å²) in [6, 6.07) is 7.39. The molecule has 0 unspecified atom stereocenters. The number of aromatic nitrogens is 4. The molecule has 37 heavy (non-hydrogen) atoms. The van der Waals surface area contributed by atoms with E-state index in [2.05, 4.69) is 25.4 Å². The van der Waals surface area contributed by atoms with Gasteiger partial charge in [-0.3, -0.25) is 14.8 Å². The first kappa shape index (κ1) is 23.4. The lowest BCUT2D eigenvalue weighted by atomic mass is 9.92. The van der Waals surface area contributed by atoms with E-state index in [0.717, 1.165) is 42.3 Å². The summed E-state index contributed by atoms with van der Waals surface area (Å²) in [5, 5.41) is 13.1. The summed E-state index contributed by atoms with van der Waals surface area (Å²) in [6.45, 7) is 1.93. The van der Waals surface area contributed by atoms with Crippen molar-refractivity contribution in [2.24, 2.45) is 0 Å². The van der Waals surface area contributed by atoms with Crippen molar-refractivity contribution < 1.29 is 14.3 Å². The molecule has 1 aliphatic carbocycles. The molecule has 1 saturated carbocycles. The lowest BCUT2D eigenvalue weighted by molar-refractivity contribution is -0.119. The average Bonchev–Trinajstić information content (AvgIpc) is 3.59. The van der Waals surface area contributed by atoms with Gasteiger partial charge < -0.3 is 15.0 Å². The average molecular weight is 518 g/mol. The second kappa shape index (κ2) is 9.47. The number of thiophene rings is 1. The van der Waals surface area contributed by atoms with E-state index in [1.54, 1.807) is 28.7 Å². The Morgan fingerprint density at radius 3 is 2.84 bits per heavy atom. The molecule has 1 fully saturated rings. The summed E-state index contributed by atoms with van der Waals surface area (Å²) in [6.07, 6.45) is 8.98. The third-order valence-electron chi connectivity index (χ3n) is 7.13. The number of nitrogens with zero attached hydrogens (tertiary/aromatic N) is 5. The number of rotatable bonds is 5. The standard InChI is InChI=1S/C26H27N7O3S/c1-15-24(34)33(19-11-22(37-14-19)25(35)36-2)21-13-27-26(29-17-8-9-20-16(10-17)12-28-31-20)30-23(21)32(15)18-6-4-3-5-7-18/h8-15,18H,3-7H2,1-2H3,(H,28,31)(H,27,29,30)/t15-/m1/s1. The van der Waals surface area contributed by atoms with Crippen molar-refractivity contribution in [2.75, 3.05) is 22.2 Å². The number of nitrogens with one attached hydrogen (secondary N) is 2. The minimum absolute atomic E-state index is 0.0676. The molecule has 1 amide bonds. The molecular formula is C26H27N7O3S. The minimum Gasteiger partial charge on any atom is -0.465 e. The van der Waals surface area contributed by atoms with E-state index < -0.39 is 12.0 Å². The molecule has 0 spiro atoms. The fourth-order valence-corrected chi connectivity index (χ4v) is 6.09. The molecule has 2 N–H and O–H groups in total. The molecule has 0 radical (unpaired) electrons. The van der Waals surface area contributed by atoms with Gasteiger partial charge in [0.25, 0.3) is 5.91 Å². The highest BCUT2D eigenvalue weighted by Crippen LogP contribution is 2.43. The maximum Gasteiger partial charge on any atom is 0.348 e. The zero-order valence-corrected chi connectivity index (χ0v) is 21.4. The van der Waals surface area contributed by atoms with Crippen LogP contribution in [0.25, 0.3) is 10.9 Å². The van der Waals surface area contributed by atoms with Crippen LogP contribution in [-0.2, 0) is 9.53 Å². The van der Waals surface area contributed by atoms with Gasteiger partial charge in [0.2, 0.25) is 5.95 Å². The van der Waals surface area contributed by atoms with E-state index in [4.69, 9.17) is 9.72 Å². The highest BCUT2D eigenvalue weighted by molar-refractivity contribution is 7.12. The molecule has 3 aromatic heterocycles. The number of carbonyl (C=O) groups excluding carboxylic acids is 2. The van der Waals surface area contributed by atoms with Crippen LogP contribution in [0.3, 0.4) is 0 Å². The van der Waals surface area contributed by atoms with Crippen LogP contribution in [0, 0.1) is 0 Å². The van der Waals surface area contributed by atoms with Crippen LogP contribution in [0.2, 0.25) is 0 Å². The summed E-state index contributed by atoms with van der Waals surface area (Å²) in [5.74, 6) is 0.668. The summed E-state index contributed by atoms with van der Waals surface area (Å²) in [7, 11) is 1.35. The summed E-state index contributed by atoms with van der Waals surface area (Å²) >= 11 is 1.25. The monoisotopic (exact) mass is 517 g/mol. The fraction of sp³-hybridized carbons (Fsp3) is 0.346. The quantitative estimate of drug-likeness (QED) is 0.349. The van der Waals surface area contributed by atoms with Crippen LogP contribution >= 0.6 is 11.3 Å². The van der Waals surface area contributed by atoms with Gasteiger partial charge in [0.05, 0.1) is 30.7 Å². The molecule has 4 aromatic rings. The molecule has 2 aliphatic rings. The Bertz CT molecular complexity index is 1480. The molecule has 1 aliphatic heterocycles.